The Bertz CT molecular complexity index is 964. The first kappa shape index (κ1) is 16.2. The highest BCUT2D eigenvalue weighted by molar-refractivity contribution is 5.99. The quantitative estimate of drug-likeness (QED) is 0.662. The number of amides is 2. The van der Waals surface area contributed by atoms with E-state index in [0.29, 0.717) is 18.0 Å². The van der Waals surface area contributed by atoms with Gasteiger partial charge < -0.3 is 20.4 Å². The van der Waals surface area contributed by atoms with Crippen LogP contribution in [0.4, 0.5) is 5.69 Å². The smallest absolute Gasteiger partial charge is 0.266 e. The molecule has 0 aliphatic carbocycles. The lowest BCUT2D eigenvalue weighted by Crippen LogP contribution is -2.41. The van der Waals surface area contributed by atoms with Crippen LogP contribution in [-0.4, -0.2) is 29.4 Å². The summed E-state index contributed by atoms with van der Waals surface area (Å²) < 4.78 is 5.65. The van der Waals surface area contributed by atoms with Crippen LogP contribution in [0, 0.1) is 0 Å². The van der Waals surface area contributed by atoms with E-state index in [-0.39, 0.29) is 18.2 Å². The van der Waals surface area contributed by atoms with Gasteiger partial charge in [0.05, 0.1) is 12.1 Å². The summed E-state index contributed by atoms with van der Waals surface area (Å²) >= 11 is 0. The van der Waals surface area contributed by atoms with E-state index in [1.54, 1.807) is 12.1 Å². The molecule has 2 amide bonds. The number of hydrogen-bond acceptors (Lipinski definition) is 3. The molecule has 0 spiro atoms. The number of aromatic nitrogens is 1. The summed E-state index contributed by atoms with van der Waals surface area (Å²) in [6, 6.07) is 15.2. The van der Waals surface area contributed by atoms with Gasteiger partial charge in [-0.1, -0.05) is 30.3 Å². The Balaban J connectivity index is 1.31. The molecule has 3 aromatic rings. The Morgan fingerprint density at radius 2 is 1.92 bits per heavy atom. The number of H-pyrrole nitrogens is 1. The Kier molecular flexibility index (Phi) is 4.31. The Labute approximate surface area is 150 Å². The molecule has 2 heterocycles. The van der Waals surface area contributed by atoms with E-state index in [4.69, 9.17) is 4.74 Å². The van der Waals surface area contributed by atoms with Crippen molar-refractivity contribution in [1.82, 2.24) is 10.3 Å². The number of fused-ring (bicyclic) bond motifs is 2. The zero-order chi connectivity index (χ0) is 17.9. The molecule has 0 radical (unpaired) electrons. The molecular formula is C20H19N3O3. The predicted octanol–water partition coefficient (Wildman–Crippen LogP) is 2.62. The fraction of sp³-hybridized carbons (Fsp3) is 0.200. The molecule has 1 aliphatic rings. The standard InChI is InChI=1S/C20H19N3O3/c24-19(11-18-20(25)23-16-7-3-4-8-17(16)26-18)21-10-9-13-12-22-15-6-2-1-5-14(13)15/h1-8,12,18,22H,9-11H2,(H,21,24)(H,23,25). The van der Waals surface area contributed by atoms with Crippen LogP contribution < -0.4 is 15.4 Å². The normalized spacial score (nSPS) is 15.8. The average Bonchev–Trinajstić information content (AvgIpc) is 3.06. The van der Waals surface area contributed by atoms with Crippen molar-refractivity contribution in [3.63, 3.8) is 0 Å². The topological polar surface area (TPSA) is 83.2 Å². The first-order chi connectivity index (χ1) is 12.7. The lowest BCUT2D eigenvalue weighted by Gasteiger charge is -2.25. The van der Waals surface area contributed by atoms with Crippen LogP contribution >= 0.6 is 0 Å². The van der Waals surface area contributed by atoms with Crippen molar-refractivity contribution in [2.75, 3.05) is 11.9 Å². The lowest BCUT2D eigenvalue weighted by molar-refractivity contribution is -0.130. The maximum atomic E-state index is 12.2. The van der Waals surface area contributed by atoms with E-state index < -0.39 is 6.10 Å². The maximum absolute atomic E-state index is 12.2. The molecule has 0 fully saturated rings. The highest BCUT2D eigenvalue weighted by Gasteiger charge is 2.29. The van der Waals surface area contributed by atoms with Crippen molar-refractivity contribution >= 4 is 28.4 Å². The number of carbonyl (C=O) groups is 2. The number of benzene rings is 2. The number of nitrogens with one attached hydrogen (secondary N) is 3. The third-order valence-electron chi connectivity index (χ3n) is 4.47. The van der Waals surface area contributed by atoms with Gasteiger partial charge in [-0.15, -0.1) is 0 Å². The van der Waals surface area contributed by atoms with Gasteiger partial charge in [-0.05, 0) is 30.2 Å². The monoisotopic (exact) mass is 349 g/mol. The number of anilines is 1. The molecule has 2 aromatic carbocycles. The van der Waals surface area contributed by atoms with E-state index in [1.165, 1.54) is 0 Å². The third-order valence-corrected chi connectivity index (χ3v) is 4.47. The molecule has 3 N–H and O–H groups in total. The van der Waals surface area contributed by atoms with E-state index in [1.807, 2.05) is 36.5 Å². The second-order valence-corrected chi connectivity index (χ2v) is 6.26. The zero-order valence-electron chi connectivity index (χ0n) is 14.1. The lowest BCUT2D eigenvalue weighted by atomic mass is 10.1. The molecule has 132 valence electrons. The van der Waals surface area contributed by atoms with Gasteiger partial charge in [0.1, 0.15) is 5.75 Å². The van der Waals surface area contributed by atoms with E-state index in [9.17, 15) is 9.59 Å². The van der Waals surface area contributed by atoms with Crippen LogP contribution in [0.15, 0.2) is 54.7 Å². The minimum atomic E-state index is -0.807. The summed E-state index contributed by atoms with van der Waals surface area (Å²) in [6.07, 6.45) is 1.87. The predicted molar refractivity (Wildman–Crippen MR) is 99.1 cm³/mol. The molecule has 1 atom stereocenters. The first-order valence-electron chi connectivity index (χ1n) is 8.59. The van der Waals surface area contributed by atoms with Crippen LogP contribution in [0.25, 0.3) is 10.9 Å². The van der Waals surface area contributed by atoms with Crippen LogP contribution in [0.3, 0.4) is 0 Å². The van der Waals surface area contributed by atoms with Gasteiger partial charge in [-0.3, -0.25) is 9.59 Å². The summed E-state index contributed by atoms with van der Waals surface area (Å²) in [5.41, 5.74) is 2.87. The maximum Gasteiger partial charge on any atom is 0.266 e. The molecule has 6 nitrogen and oxygen atoms in total. The van der Waals surface area contributed by atoms with Gasteiger partial charge in [0.15, 0.2) is 6.10 Å². The minimum absolute atomic E-state index is 0.00590. The Hall–Kier alpha value is -3.28. The van der Waals surface area contributed by atoms with Gasteiger partial charge in [0.25, 0.3) is 5.91 Å². The number of hydrogen-bond donors (Lipinski definition) is 3. The third kappa shape index (κ3) is 3.26. The van der Waals surface area contributed by atoms with Gasteiger partial charge in [0.2, 0.25) is 5.91 Å². The van der Waals surface area contributed by atoms with Gasteiger partial charge in [0, 0.05) is 23.6 Å². The molecule has 26 heavy (non-hydrogen) atoms. The van der Waals surface area contributed by atoms with E-state index >= 15 is 0 Å². The first-order valence-corrected chi connectivity index (χ1v) is 8.59. The largest absolute Gasteiger partial charge is 0.478 e. The average molecular weight is 349 g/mol. The fourth-order valence-electron chi connectivity index (χ4n) is 3.14. The summed E-state index contributed by atoms with van der Waals surface area (Å²) in [4.78, 5) is 27.5. The number of rotatable bonds is 5. The summed E-state index contributed by atoms with van der Waals surface area (Å²) in [6.45, 7) is 0.506. The van der Waals surface area contributed by atoms with Crippen LogP contribution in [-0.2, 0) is 16.0 Å². The Morgan fingerprint density at radius 1 is 1.12 bits per heavy atom. The van der Waals surface area contributed by atoms with Crippen molar-refractivity contribution < 1.29 is 14.3 Å². The molecule has 0 saturated heterocycles. The van der Waals surface area contributed by atoms with Crippen molar-refractivity contribution in [2.45, 2.75) is 18.9 Å². The van der Waals surface area contributed by atoms with Gasteiger partial charge in [-0.25, -0.2) is 0 Å². The highest BCUT2D eigenvalue weighted by atomic mass is 16.5. The molecule has 0 saturated carbocycles. The second-order valence-electron chi connectivity index (χ2n) is 6.26. The van der Waals surface area contributed by atoms with E-state index in [0.717, 1.165) is 22.9 Å². The van der Waals surface area contributed by atoms with E-state index in [2.05, 4.69) is 21.7 Å². The van der Waals surface area contributed by atoms with Gasteiger partial charge in [-0.2, -0.15) is 0 Å². The molecule has 6 heteroatoms. The number of ether oxygens (including phenoxy) is 1. The van der Waals surface area contributed by atoms with Crippen LogP contribution in [0.2, 0.25) is 0 Å². The highest BCUT2D eigenvalue weighted by Crippen LogP contribution is 2.29. The van der Waals surface area contributed by atoms with Crippen LogP contribution in [0.5, 0.6) is 5.75 Å². The number of carbonyl (C=O) groups excluding carboxylic acids is 2. The fourth-order valence-corrected chi connectivity index (χ4v) is 3.14. The second kappa shape index (κ2) is 6.92. The Morgan fingerprint density at radius 3 is 2.85 bits per heavy atom. The van der Waals surface area contributed by atoms with Crippen molar-refractivity contribution in [3.8, 4) is 5.75 Å². The van der Waals surface area contributed by atoms with Crippen molar-refractivity contribution in [1.29, 1.82) is 0 Å². The molecule has 1 aromatic heterocycles. The minimum Gasteiger partial charge on any atom is -0.478 e. The molecule has 1 aliphatic heterocycles. The van der Waals surface area contributed by atoms with Gasteiger partial charge >= 0.3 is 0 Å². The zero-order valence-corrected chi connectivity index (χ0v) is 14.1. The van der Waals surface area contributed by atoms with Crippen LogP contribution in [0.1, 0.15) is 12.0 Å². The summed E-state index contributed by atoms with van der Waals surface area (Å²) in [7, 11) is 0. The number of para-hydroxylation sites is 3. The van der Waals surface area contributed by atoms with Crippen molar-refractivity contribution in [3.05, 3.63) is 60.3 Å². The molecular weight excluding hydrogens is 330 g/mol. The molecule has 0 bridgehead atoms. The van der Waals surface area contributed by atoms with Crippen molar-refractivity contribution in [2.24, 2.45) is 0 Å². The number of aromatic amines is 1. The summed E-state index contributed by atoms with van der Waals surface area (Å²) in [5, 5.41) is 6.79. The molecule has 1 unspecified atom stereocenters. The summed E-state index contributed by atoms with van der Waals surface area (Å²) in [5.74, 6) is 0.0866. The SMILES string of the molecule is O=C(CC1Oc2ccccc2NC1=O)NCCc1c[nH]c2ccccc12. The molecule has 4 rings (SSSR count).